The van der Waals surface area contributed by atoms with Gasteiger partial charge >= 0.3 is 6.09 Å². The van der Waals surface area contributed by atoms with Crippen molar-refractivity contribution in [1.29, 1.82) is 0 Å². The third-order valence-corrected chi connectivity index (χ3v) is 7.73. The van der Waals surface area contributed by atoms with Crippen LogP contribution in [0.4, 0.5) is 4.79 Å². The molecule has 0 bridgehead atoms. The van der Waals surface area contributed by atoms with Gasteiger partial charge in [-0.15, -0.1) is 0 Å². The van der Waals surface area contributed by atoms with E-state index in [0.717, 1.165) is 11.1 Å². The number of hydrogen-bond donors (Lipinski definition) is 3. The molecule has 43 heavy (non-hydrogen) atoms. The molecule has 1 fully saturated rings. The minimum absolute atomic E-state index is 0.0741. The van der Waals surface area contributed by atoms with Crippen LogP contribution >= 0.6 is 0 Å². The summed E-state index contributed by atoms with van der Waals surface area (Å²) >= 11 is 0. The molecular formula is C33H46N4O6. The Morgan fingerprint density at radius 3 is 2.02 bits per heavy atom. The van der Waals surface area contributed by atoms with Gasteiger partial charge in [0.25, 0.3) is 0 Å². The molecule has 3 amide bonds. The van der Waals surface area contributed by atoms with E-state index in [2.05, 4.69) is 10.6 Å². The maximum atomic E-state index is 13.9. The van der Waals surface area contributed by atoms with Gasteiger partial charge in [0.2, 0.25) is 11.8 Å². The number of ketones is 1. The van der Waals surface area contributed by atoms with E-state index < -0.39 is 40.6 Å². The standard InChI is InChI=1S/C33H46N4O6/c1-23(38)27(34)33(25-15-11-8-12-16-25)17-19-37(20-18-33)28(39)26(22-42-21-24-13-9-7-10-14-24)35-29(40)32(5,6)36-30(41)43-31(2,3)4/h7-16,26-27H,17-22,34H2,1-6H3,(H,35,40)(H,36,41). The van der Waals surface area contributed by atoms with E-state index in [4.69, 9.17) is 15.2 Å². The maximum Gasteiger partial charge on any atom is 0.408 e. The molecule has 0 spiro atoms. The highest BCUT2D eigenvalue weighted by molar-refractivity contribution is 5.93. The maximum absolute atomic E-state index is 13.9. The summed E-state index contributed by atoms with van der Waals surface area (Å²) in [5.74, 6) is -0.982. The molecule has 234 valence electrons. The second-order valence-corrected chi connectivity index (χ2v) is 12.7. The fourth-order valence-corrected chi connectivity index (χ4v) is 5.28. The predicted octanol–water partition coefficient (Wildman–Crippen LogP) is 3.47. The van der Waals surface area contributed by atoms with E-state index in [9.17, 15) is 19.2 Å². The van der Waals surface area contributed by atoms with Crippen molar-refractivity contribution in [3.05, 3.63) is 71.8 Å². The summed E-state index contributed by atoms with van der Waals surface area (Å²) in [5, 5.41) is 5.38. The Hall–Kier alpha value is -3.76. The molecule has 2 aromatic rings. The molecule has 3 rings (SSSR count). The highest BCUT2D eigenvalue weighted by atomic mass is 16.6. The van der Waals surface area contributed by atoms with Gasteiger partial charge in [-0.2, -0.15) is 0 Å². The van der Waals surface area contributed by atoms with Crippen LogP contribution in [0.5, 0.6) is 0 Å². The number of ether oxygens (including phenoxy) is 2. The molecule has 1 heterocycles. The summed E-state index contributed by atoms with van der Waals surface area (Å²) in [6.45, 7) is 10.6. The first-order chi connectivity index (χ1) is 20.1. The number of alkyl carbamates (subject to hydrolysis) is 1. The third kappa shape index (κ3) is 9.11. The topological polar surface area (TPSA) is 140 Å². The van der Waals surface area contributed by atoms with Gasteiger partial charge in [0, 0.05) is 18.5 Å². The summed E-state index contributed by atoms with van der Waals surface area (Å²) in [5.41, 5.74) is 5.65. The molecule has 10 nitrogen and oxygen atoms in total. The van der Waals surface area contributed by atoms with Crippen molar-refractivity contribution in [3.8, 4) is 0 Å². The van der Waals surface area contributed by atoms with Crippen LogP contribution in [0, 0.1) is 0 Å². The fourth-order valence-electron chi connectivity index (χ4n) is 5.28. The minimum Gasteiger partial charge on any atom is -0.444 e. The Labute approximate surface area is 254 Å². The fraction of sp³-hybridized carbons (Fsp3) is 0.515. The van der Waals surface area contributed by atoms with Crippen molar-refractivity contribution in [2.75, 3.05) is 19.7 Å². The number of benzene rings is 2. The summed E-state index contributed by atoms with van der Waals surface area (Å²) < 4.78 is 11.2. The van der Waals surface area contributed by atoms with Gasteiger partial charge in [-0.3, -0.25) is 14.4 Å². The molecule has 4 N–H and O–H groups in total. The van der Waals surface area contributed by atoms with Crippen molar-refractivity contribution in [3.63, 3.8) is 0 Å². The molecule has 0 aromatic heterocycles. The van der Waals surface area contributed by atoms with Crippen LogP contribution in [-0.4, -0.2) is 71.5 Å². The van der Waals surface area contributed by atoms with Gasteiger partial charge < -0.3 is 30.7 Å². The second-order valence-electron chi connectivity index (χ2n) is 12.7. The van der Waals surface area contributed by atoms with Crippen LogP contribution in [0.2, 0.25) is 0 Å². The van der Waals surface area contributed by atoms with Gasteiger partial charge in [0.05, 0.1) is 19.3 Å². The Morgan fingerprint density at radius 1 is 0.930 bits per heavy atom. The van der Waals surface area contributed by atoms with Crippen LogP contribution in [0.25, 0.3) is 0 Å². The van der Waals surface area contributed by atoms with Crippen LogP contribution < -0.4 is 16.4 Å². The van der Waals surface area contributed by atoms with E-state index in [1.165, 1.54) is 20.8 Å². The van der Waals surface area contributed by atoms with Gasteiger partial charge in [0.15, 0.2) is 0 Å². The monoisotopic (exact) mass is 594 g/mol. The lowest BCUT2D eigenvalue weighted by Crippen LogP contribution is -2.62. The summed E-state index contributed by atoms with van der Waals surface area (Å²) in [6.07, 6.45) is 0.229. The van der Waals surface area contributed by atoms with E-state index in [0.29, 0.717) is 25.9 Å². The van der Waals surface area contributed by atoms with Crippen molar-refractivity contribution < 1.29 is 28.7 Å². The molecule has 0 aliphatic carbocycles. The number of rotatable bonds is 11. The number of hydrogen-bond acceptors (Lipinski definition) is 7. The number of Topliss-reactive ketones (excluding diaryl/α,β-unsaturated/α-hetero) is 1. The second kappa shape index (κ2) is 14.1. The number of nitrogens with zero attached hydrogens (tertiary/aromatic N) is 1. The first-order valence-electron chi connectivity index (χ1n) is 14.7. The zero-order valence-electron chi connectivity index (χ0n) is 26.1. The van der Waals surface area contributed by atoms with Gasteiger partial charge in [-0.1, -0.05) is 60.7 Å². The molecule has 1 saturated heterocycles. The molecule has 10 heteroatoms. The molecule has 1 aliphatic rings. The zero-order valence-corrected chi connectivity index (χ0v) is 26.1. The van der Waals surface area contributed by atoms with Crippen LogP contribution in [0.3, 0.4) is 0 Å². The smallest absolute Gasteiger partial charge is 0.408 e. The van der Waals surface area contributed by atoms with Crippen molar-refractivity contribution >= 4 is 23.7 Å². The first kappa shape index (κ1) is 33.7. The zero-order chi connectivity index (χ0) is 31.8. The van der Waals surface area contributed by atoms with E-state index in [1.54, 1.807) is 25.7 Å². The van der Waals surface area contributed by atoms with Crippen molar-refractivity contribution in [1.82, 2.24) is 15.5 Å². The number of nitrogens with two attached hydrogens (primary N) is 1. The number of piperidine rings is 1. The molecular weight excluding hydrogens is 548 g/mol. The number of carbonyl (C=O) groups is 4. The van der Waals surface area contributed by atoms with Crippen LogP contribution in [0.1, 0.15) is 65.5 Å². The molecule has 1 aliphatic heterocycles. The molecule has 2 atom stereocenters. The lowest BCUT2D eigenvalue weighted by Gasteiger charge is -2.45. The number of amides is 3. The minimum atomic E-state index is -1.38. The predicted molar refractivity (Wildman–Crippen MR) is 164 cm³/mol. The average molecular weight is 595 g/mol. The summed E-state index contributed by atoms with van der Waals surface area (Å²) in [4.78, 5) is 53.8. The lowest BCUT2D eigenvalue weighted by atomic mass is 9.67. The molecule has 2 unspecified atom stereocenters. The van der Waals surface area contributed by atoms with Gasteiger partial charge in [0.1, 0.15) is 23.0 Å². The average Bonchev–Trinajstić information content (AvgIpc) is 2.95. The van der Waals surface area contributed by atoms with E-state index >= 15 is 0 Å². The normalized spacial score (nSPS) is 16.5. The quantitative estimate of drug-likeness (QED) is 0.362. The largest absolute Gasteiger partial charge is 0.444 e. The van der Waals surface area contributed by atoms with Gasteiger partial charge in [-0.25, -0.2) is 4.79 Å². The van der Waals surface area contributed by atoms with Crippen LogP contribution in [-0.2, 0) is 35.9 Å². The summed E-state index contributed by atoms with van der Waals surface area (Å²) in [7, 11) is 0. The first-order valence-corrected chi connectivity index (χ1v) is 14.7. The molecule has 0 saturated carbocycles. The van der Waals surface area contributed by atoms with Crippen LogP contribution in [0.15, 0.2) is 60.7 Å². The van der Waals surface area contributed by atoms with Gasteiger partial charge in [-0.05, 0) is 65.5 Å². The number of likely N-dealkylation sites (tertiary alicyclic amines) is 1. The Balaban J connectivity index is 1.76. The number of nitrogens with one attached hydrogen (secondary N) is 2. The summed E-state index contributed by atoms with van der Waals surface area (Å²) in [6, 6.07) is 17.5. The van der Waals surface area contributed by atoms with E-state index in [1.807, 2.05) is 60.7 Å². The number of carbonyl (C=O) groups excluding carboxylic acids is 4. The van der Waals surface area contributed by atoms with Crippen molar-refractivity contribution in [2.45, 2.75) is 89.6 Å². The SMILES string of the molecule is CC(=O)C(N)C1(c2ccccc2)CCN(C(=O)C(COCc2ccccc2)NC(=O)C(C)(C)NC(=O)OC(C)(C)C)CC1. The Kier molecular flexibility index (Phi) is 11.1. The van der Waals surface area contributed by atoms with Crippen molar-refractivity contribution in [2.24, 2.45) is 5.73 Å². The van der Waals surface area contributed by atoms with E-state index in [-0.39, 0.29) is 24.9 Å². The Morgan fingerprint density at radius 2 is 1.49 bits per heavy atom. The third-order valence-electron chi connectivity index (χ3n) is 7.73. The highest BCUT2D eigenvalue weighted by Crippen LogP contribution is 2.38. The molecule has 0 radical (unpaired) electrons. The highest BCUT2D eigenvalue weighted by Gasteiger charge is 2.45. The molecule has 2 aromatic carbocycles. The Bertz CT molecular complexity index is 1250. The lowest BCUT2D eigenvalue weighted by molar-refractivity contribution is -0.141.